The molecule has 4 heterocycles. The number of carbonyl (C=O) groups excluding carboxylic acids is 2. The molecule has 2 fully saturated rings. The number of amides is 2. The van der Waals surface area contributed by atoms with E-state index < -0.39 is 57.3 Å². The second kappa shape index (κ2) is 13.4. The number of thioether (sulfide) groups is 2. The lowest BCUT2D eigenvalue weighted by Crippen LogP contribution is -2.66. The number of carbonyl (C=O) groups is 3. The van der Waals surface area contributed by atoms with Gasteiger partial charge in [-0.05, 0) is 43.0 Å². The third-order valence-electron chi connectivity index (χ3n) is 9.39. The molecule has 4 aliphatic heterocycles. The SMILES string of the molecule is C[C@@H](O)[C@H]1C(=O)N2C(C(=O)O)=C(S[C@H]3C[C@@H](C4=NCCS4)N(C(=O)OCc4ccc([N+](=O)[O-])cc4)C3)[C@](C)(Cc3ccc([N+](=O)[O-])cc3)[C@H]12. The van der Waals surface area contributed by atoms with E-state index in [0.717, 1.165) is 10.8 Å². The quantitative estimate of drug-likeness (QED) is 0.191. The maximum absolute atomic E-state index is 13.5. The van der Waals surface area contributed by atoms with Crippen molar-refractivity contribution < 1.29 is 39.2 Å². The molecular formula is C32H33N5O10S2. The van der Waals surface area contributed by atoms with Gasteiger partial charge >= 0.3 is 12.1 Å². The van der Waals surface area contributed by atoms with E-state index in [1.165, 1.54) is 60.0 Å². The van der Waals surface area contributed by atoms with Gasteiger partial charge in [0.25, 0.3) is 11.4 Å². The first-order valence-corrected chi connectivity index (χ1v) is 17.4. The molecular weight excluding hydrogens is 679 g/mol. The summed E-state index contributed by atoms with van der Waals surface area (Å²) in [5.74, 6) is -1.86. The number of hydrogen-bond acceptors (Lipinski definition) is 12. The minimum atomic E-state index is -1.29. The lowest BCUT2D eigenvalue weighted by atomic mass is 9.67. The van der Waals surface area contributed by atoms with E-state index in [2.05, 4.69) is 4.99 Å². The maximum atomic E-state index is 13.5. The zero-order chi connectivity index (χ0) is 35.2. The summed E-state index contributed by atoms with van der Waals surface area (Å²) < 4.78 is 5.63. The average Bonchev–Trinajstić information content (AvgIpc) is 3.78. The number of rotatable bonds is 11. The second-order valence-corrected chi connectivity index (χ2v) is 15.0. The topological polar surface area (TPSA) is 206 Å². The molecule has 4 aliphatic rings. The lowest BCUT2D eigenvalue weighted by Gasteiger charge is -2.51. The molecule has 0 unspecified atom stereocenters. The Morgan fingerprint density at radius 2 is 1.71 bits per heavy atom. The Bertz CT molecular complexity index is 1770. The number of nitrogens with zero attached hydrogens (tertiary/aromatic N) is 5. The number of aliphatic hydroxyl groups excluding tert-OH is 1. The number of nitro groups is 2. The number of likely N-dealkylation sites (tertiary alicyclic amines) is 1. The van der Waals surface area contributed by atoms with Crippen LogP contribution in [0.5, 0.6) is 0 Å². The molecule has 0 aliphatic carbocycles. The van der Waals surface area contributed by atoms with Crippen molar-refractivity contribution in [2.45, 2.75) is 56.7 Å². The molecule has 0 radical (unpaired) electrons. The summed E-state index contributed by atoms with van der Waals surface area (Å²) in [6.07, 6.45) is -0.978. The molecule has 6 rings (SSSR count). The van der Waals surface area contributed by atoms with E-state index >= 15 is 0 Å². The summed E-state index contributed by atoms with van der Waals surface area (Å²) in [6, 6.07) is 10.6. The van der Waals surface area contributed by atoms with E-state index in [-0.39, 0.29) is 41.9 Å². The van der Waals surface area contributed by atoms with Crippen molar-refractivity contribution in [2.75, 3.05) is 18.8 Å². The highest BCUT2D eigenvalue weighted by atomic mass is 32.2. The smallest absolute Gasteiger partial charge is 0.410 e. The number of non-ortho nitro benzene ring substituents is 2. The Hall–Kier alpha value is -4.48. The van der Waals surface area contributed by atoms with Crippen LogP contribution in [-0.4, -0.2) is 95.2 Å². The van der Waals surface area contributed by atoms with Gasteiger partial charge in [0, 0.05) is 58.7 Å². The van der Waals surface area contributed by atoms with Crippen LogP contribution in [0.25, 0.3) is 0 Å². The predicted molar refractivity (Wildman–Crippen MR) is 180 cm³/mol. The van der Waals surface area contributed by atoms with Crippen LogP contribution in [0.1, 0.15) is 31.4 Å². The van der Waals surface area contributed by atoms with Gasteiger partial charge < -0.3 is 19.8 Å². The molecule has 49 heavy (non-hydrogen) atoms. The minimum absolute atomic E-state index is 0.0837. The van der Waals surface area contributed by atoms with Crippen molar-refractivity contribution in [1.29, 1.82) is 0 Å². The van der Waals surface area contributed by atoms with Crippen LogP contribution in [0.2, 0.25) is 0 Å². The molecule has 2 saturated heterocycles. The fourth-order valence-electron chi connectivity index (χ4n) is 7.14. The number of ether oxygens (including phenoxy) is 1. The number of β-lactam (4-membered cyclic amide) rings is 1. The first kappa shape index (κ1) is 34.4. The number of nitro benzene ring substituents is 2. The number of fused-ring (bicyclic) bond motifs is 1. The number of aliphatic imine (C=N–C) groups is 1. The maximum Gasteiger partial charge on any atom is 0.410 e. The Balaban J connectivity index is 1.28. The molecule has 0 aromatic heterocycles. The van der Waals surface area contributed by atoms with Gasteiger partial charge in [-0.25, -0.2) is 9.59 Å². The Morgan fingerprint density at radius 3 is 2.24 bits per heavy atom. The molecule has 2 N–H and O–H groups in total. The van der Waals surface area contributed by atoms with E-state index in [1.54, 1.807) is 28.8 Å². The molecule has 0 spiro atoms. The van der Waals surface area contributed by atoms with Gasteiger partial charge in [0.1, 0.15) is 12.3 Å². The van der Waals surface area contributed by atoms with Crippen LogP contribution in [0.15, 0.2) is 64.1 Å². The Morgan fingerprint density at radius 1 is 1.10 bits per heavy atom. The summed E-state index contributed by atoms with van der Waals surface area (Å²) in [6.45, 7) is 4.03. The van der Waals surface area contributed by atoms with Crippen LogP contribution in [0, 0.1) is 31.6 Å². The lowest BCUT2D eigenvalue weighted by molar-refractivity contribution is -0.385. The zero-order valence-electron chi connectivity index (χ0n) is 26.5. The highest BCUT2D eigenvalue weighted by Crippen LogP contribution is 2.60. The fraction of sp³-hybridized carbons (Fsp3) is 0.438. The normalized spacial score (nSPS) is 26.7. The van der Waals surface area contributed by atoms with Gasteiger partial charge in [-0.3, -0.25) is 34.9 Å². The highest BCUT2D eigenvalue weighted by molar-refractivity contribution is 8.14. The number of carboxylic acid groups (broad SMARTS) is 1. The van der Waals surface area contributed by atoms with E-state index in [1.807, 2.05) is 6.92 Å². The molecule has 2 amide bonds. The third-order valence-corrected chi connectivity index (χ3v) is 12.0. The Labute approximate surface area is 288 Å². The van der Waals surface area contributed by atoms with Crippen LogP contribution in [-0.2, 0) is 27.4 Å². The van der Waals surface area contributed by atoms with Gasteiger partial charge in [-0.2, -0.15) is 0 Å². The van der Waals surface area contributed by atoms with Crippen LogP contribution in [0.3, 0.4) is 0 Å². The third kappa shape index (κ3) is 6.37. The molecule has 6 atom stereocenters. The zero-order valence-corrected chi connectivity index (χ0v) is 28.1. The van der Waals surface area contributed by atoms with Crippen molar-refractivity contribution in [3.05, 3.63) is 90.5 Å². The van der Waals surface area contributed by atoms with Crippen molar-refractivity contribution >= 4 is 57.9 Å². The molecule has 0 saturated carbocycles. The van der Waals surface area contributed by atoms with Gasteiger partial charge in [-0.1, -0.05) is 19.1 Å². The number of benzene rings is 2. The molecule has 17 heteroatoms. The first-order valence-electron chi connectivity index (χ1n) is 15.5. The number of hydrogen-bond donors (Lipinski definition) is 2. The standard InChI is InChI=1S/C32H33N5O10S2/c1-17(38)24-26-32(2,14-18-3-7-20(8-4-18)36(43)44)27(25(30(40)41)35(26)29(24)39)49-22-13-23(28-33-11-12-48-28)34(15-22)31(42)47-16-19-5-9-21(10-6-19)37(45)46/h3-10,17,22-24,26,38H,11-16H2,1-2H3,(H,40,41)/t17-,22+,23+,24-,26+,32-/m1/s1. The van der Waals surface area contributed by atoms with Crippen molar-refractivity contribution in [1.82, 2.24) is 9.80 Å². The molecule has 2 aromatic carbocycles. The average molecular weight is 712 g/mol. The van der Waals surface area contributed by atoms with Crippen LogP contribution in [0.4, 0.5) is 16.2 Å². The summed E-state index contributed by atoms with van der Waals surface area (Å²) in [4.78, 5) is 68.8. The van der Waals surface area contributed by atoms with Gasteiger partial charge in [0.15, 0.2) is 0 Å². The van der Waals surface area contributed by atoms with E-state index in [9.17, 15) is 44.8 Å². The molecule has 258 valence electrons. The summed E-state index contributed by atoms with van der Waals surface area (Å²) in [5, 5.41) is 43.8. The van der Waals surface area contributed by atoms with Gasteiger partial charge in [-0.15, -0.1) is 23.5 Å². The number of carboxylic acids is 1. The largest absolute Gasteiger partial charge is 0.477 e. The van der Waals surface area contributed by atoms with E-state index in [4.69, 9.17) is 4.74 Å². The summed E-state index contributed by atoms with van der Waals surface area (Å²) >= 11 is 2.83. The van der Waals surface area contributed by atoms with Crippen LogP contribution >= 0.6 is 23.5 Å². The molecule has 2 aromatic rings. The second-order valence-electron chi connectivity index (χ2n) is 12.6. The van der Waals surface area contributed by atoms with Gasteiger partial charge in [0.2, 0.25) is 5.91 Å². The summed E-state index contributed by atoms with van der Waals surface area (Å²) in [7, 11) is 0. The number of aliphatic carboxylic acids is 1. The van der Waals surface area contributed by atoms with E-state index in [0.29, 0.717) is 29.0 Å². The predicted octanol–water partition coefficient (Wildman–Crippen LogP) is 4.23. The summed E-state index contributed by atoms with van der Waals surface area (Å²) in [5.41, 5.74) is -0.0602. The van der Waals surface area contributed by atoms with Gasteiger partial charge in [0.05, 0.1) is 39.0 Å². The molecule has 0 bridgehead atoms. The minimum Gasteiger partial charge on any atom is -0.477 e. The molecule has 15 nitrogen and oxygen atoms in total. The highest BCUT2D eigenvalue weighted by Gasteiger charge is 2.66. The van der Waals surface area contributed by atoms with Crippen LogP contribution < -0.4 is 0 Å². The van der Waals surface area contributed by atoms with Crippen molar-refractivity contribution in [3.63, 3.8) is 0 Å². The van der Waals surface area contributed by atoms with Crippen molar-refractivity contribution in [2.24, 2.45) is 16.3 Å². The first-order chi connectivity index (χ1) is 23.3. The fourth-order valence-corrected chi connectivity index (χ4v) is 9.74. The monoisotopic (exact) mass is 711 g/mol. The van der Waals surface area contributed by atoms with Crippen molar-refractivity contribution in [3.8, 4) is 0 Å². The number of aliphatic hydroxyl groups is 1. The Kier molecular flexibility index (Phi) is 9.43.